The number of Topliss-reactive ketones (excluding diaryl/α,β-unsaturated/α-hetero) is 1. The number of hydrogen-bond acceptors (Lipinski definition) is 6. The maximum atomic E-state index is 13.2. The predicted octanol–water partition coefficient (Wildman–Crippen LogP) is 4.92. The highest BCUT2D eigenvalue weighted by Gasteiger charge is 2.26. The third-order valence-corrected chi connectivity index (χ3v) is 5.62. The molecule has 1 aromatic heterocycles. The summed E-state index contributed by atoms with van der Waals surface area (Å²) in [6.45, 7) is 1.59. The van der Waals surface area contributed by atoms with Crippen LogP contribution in [0.15, 0.2) is 72.9 Å². The van der Waals surface area contributed by atoms with E-state index in [1.807, 2.05) is 0 Å². The van der Waals surface area contributed by atoms with E-state index in [0.29, 0.717) is 27.8 Å². The van der Waals surface area contributed by atoms with E-state index in [9.17, 15) is 24.9 Å². The molecule has 4 aromatic rings. The molecule has 7 nitrogen and oxygen atoms in total. The van der Waals surface area contributed by atoms with Gasteiger partial charge in [0.25, 0.3) is 0 Å². The van der Waals surface area contributed by atoms with Crippen molar-refractivity contribution in [2.45, 2.75) is 13.5 Å². The predicted molar refractivity (Wildman–Crippen MR) is 127 cm³/mol. The lowest BCUT2D eigenvalue weighted by Gasteiger charge is -2.11. The summed E-state index contributed by atoms with van der Waals surface area (Å²) in [6, 6.07) is 17.4. The number of aryl methyl sites for hydroxylation is 1. The number of carbonyl (C=O) groups excluding carboxylic acids is 2. The van der Waals surface area contributed by atoms with Crippen molar-refractivity contribution in [3.8, 4) is 39.5 Å². The van der Waals surface area contributed by atoms with Gasteiger partial charge in [-0.3, -0.25) is 4.79 Å². The number of aromatic hydroxyl groups is 3. The van der Waals surface area contributed by atoms with Gasteiger partial charge in [0.1, 0.15) is 22.9 Å². The SMILES string of the molecule is COC(=O)c1c(-c2ccc(O)cc2)c(-c2ccc(O)cc2)cn1CC(=O)c1ccc(O)cc1C. The quantitative estimate of drug-likeness (QED) is 0.280. The van der Waals surface area contributed by atoms with E-state index >= 15 is 0 Å². The number of ether oxygens (including phenoxy) is 1. The molecular formula is C27H23NO6. The van der Waals surface area contributed by atoms with Crippen LogP contribution >= 0.6 is 0 Å². The molecule has 0 saturated carbocycles. The number of benzene rings is 3. The Hall–Kier alpha value is -4.52. The molecule has 0 fully saturated rings. The summed E-state index contributed by atoms with van der Waals surface area (Å²) >= 11 is 0. The second-order valence-electron chi connectivity index (χ2n) is 7.90. The van der Waals surface area contributed by atoms with Crippen LogP contribution in [0.4, 0.5) is 0 Å². The fourth-order valence-electron chi connectivity index (χ4n) is 3.98. The van der Waals surface area contributed by atoms with Gasteiger partial charge in [0.15, 0.2) is 5.78 Å². The van der Waals surface area contributed by atoms with Crippen LogP contribution in [0, 0.1) is 6.92 Å². The largest absolute Gasteiger partial charge is 0.508 e. The summed E-state index contributed by atoms with van der Waals surface area (Å²) in [6.07, 6.45) is 1.70. The minimum Gasteiger partial charge on any atom is -0.508 e. The van der Waals surface area contributed by atoms with E-state index < -0.39 is 5.97 Å². The van der Waals surface area contributed by atoms with E-state index in [1.165, 1.54) is 43.5 Å². The van der Waals surface area contributed by atoms with Gasteiger partial charge in [-0.15, -0.1) is 0 Å². The Kier molecular flexibility index (Phi) is 6.10. The number of phenolic OH excluding ortho intramolecular Hbond substituents is 3. The molecule has 1 heterocycles. The highest BCUT2D eigenvalue weighted by atomic mass is 16.5. The summed E-state index contributed by atoms with van der Waals surface area (Å²) in [4.78, 5) is 26.1. The number of methoxy groups -OCH3 is 1. The minimum absolute atomic E-state index is 0.0643. The van der Waals surface area contributed by atoms with Gasteiger partial charge >= 0.3 is 5.97 Å². The van der Waals surface area contributed by atoms with Crippen molar-refractivity contribution in [2.75, 3.05) is 7.11 Å². The molecule has 0 bridgehead atoms. The van der Waals surface area contributed by atoms with Crippen molar-refractivity contribution in [1.29, 1.82) is 0 Å². The normalized spacial score (nSPS) is 10.8. The summed E-state index contributed by atoms with van der Waals surface area (Å²) in [7, 11) is 1.27. The number of nitrogens with zero attached hydrogens (tertiary/aromatic N) is 1. The van der Waals surface area contributed by atoms with Crippen molar-refractivity contribution < 1.29 is 29.6 Å². The van der Waals surface area contributed by atoms with Gasteiger partial charge in [0.2, 0.25) is 0 Å². The number of carbonyl (C=O) groups is 2. The molecule has 0 aliphatic carbocycles. The van der Waals surface area contributed by atoms with Crippen molar-refractivity contribution in [1.82, 2.24) is 4.57 Å². The smallest absolute Gasteiger partial charge is 0.355 e. The van der Waals surface area contributed by atoms with E-state index in [2.05, 4.69) is 0 Å². The van der Waals surface area contributed by atoms with Crippen LogP contribution in [-0.4, -0.2) is 38.7 Å². The summed E-state index contributed by atoms with van der Waals surface area (Å²) in [5, 5.41) is 29.2. The van der Waals surface area contributed by atoms with Gasteiger partial charge in [-0.2, -0.15) is 0 Å². The van der Waals surface area contributed by atoms with E-state index in [-0.39, 0.29) is 35.3 Å². The van der Waals surface area contributed by atoms with Gasteiger partial charge in [-0.25, -0.2) is 4.79 Å². The monoisotopic (exact) mass is 457 g/mol. The zero-order valence-corrected chi connectivity index (χ0v) is 18.6. The molecule has 172 valence electrons. The lowest BCUT2D eigenvalue weighted by atomic mass is 9.96. The second kappa shape index (κ2) is 9.15. The Morgan fingerprint density at radius 2 is 1.38 bits per heavy atom. The van der Waals surface area contributed by atoms with Crippen molar-refractivity contribution in [2.24, 2.45) is 0 Å². The Labute approximate surface area is 196 Å². The molecule has 0 aliphatic rings. The number of hydrogen-bond donors (Lipinski definition) is 3. The molecule has 34 heavy (non-hydrogen) atoms. The van der Waals surface area contributed by atoms with E-state index in [4.69, 9.17) is 4.74 Å². The standard InChI is InChI=1S/C27H23NO6/c1-16-13-21(31)11-12-22(16)24(32)15-28-14-23(17-3-7-19(29)8-4-17)25(26(28)27(33)34-2)18-5-9-20(30)10-6-18/h3-14,29-31H,15H2,1-2H3. The Balaban J connectivity index is 1.91. The van der Waals surface area contributed by atoms with Gasteiger partial charge in [-0.1, -0.05) is 24.3 Å². The van der Waals surface area contributed by atoms with Crippen molar-refractivity contribution in [3.05, 3.63) is 89.7 Å². The molecule has 0 aliphatic heterocycles. The summed E-state index contributed by atoms with van der Waals surface area (Å²) in [5.41, 5.74) is 3.79. The average molecular weight is 457 g/mol. The van der Waals surface area contributed by atoms with Crippen molar-refractivity contribution in [3.63, 3.8) is 0 Å². The molecule has 0 unspecified atom stereocenters. The molecule has 0 atom stereocenters. The van der Waals surface area contributed by atoms with Gasteiger partial charge in [-0.05, 0) is 66.1 Å². The third-order valence-electron chi connectivity index (χ3n) is 5.62. The molecule has 3 aromatic carbocycles. The molecule has 7 heteroatoms. The second-order valence-corrected chi connectivity index (χ2v) is 7.90. The third kappa shape index (κ3) is 4.36. The van der Waals surface area contributed by atoms with Crippen LogP contribution in [0.3, 0.4) is 0 Å². The number of rotatable bonds is 6. The molecule has 0 radical (unpaired) electrons. The lowest BCUT2D eigenvalue weighted by Crippen LogP contribution is -2.17. The van der Waals surface area contributed by atoms with Crippen LogP contribution in [0.2, 0.25) is 0 Å². The fourth-order valence-corrected chi connectivity index (χ4v) is 3.98. The maximum Gasteiger partial charge on any atom is 0.355 e. The molecule has 4 rings (SSSR count). The van der Waals surface area contributed by atoms with Crippen molar-refractivity contribution >= 4 is 11.8 Å². The first-order chi connectivity index (χ1) is 16.3. The fraction of sp³-hybridized carbons (Fsp3) is 0.111. The zero-order chi connectivity index (χ0) is 24.4. The van der Waals surface area contributed by atoms with E-state index in [0.717, 1.165) is 5.56 Å². The van der Waals surface area contributed by atoms with Crippen LogP contribution in [0.25, 0.3) is 22.3 Å². The summed E-state index contributed by atoms with van der Waals surface area (Å²) < 4.78 is 6.61. The summed E-state index contributed by atoms with van der Waals surface area (Å²) in [5.74, 6) is -0.627. The highest BCUT2D eigenvalue weighted by Crippen LogP contribution is 2.38. The van der Waals surface area contributed by atoms with Gasteiger partial charge in [0, 0.05) is 22.9 Å². The number of phenols is 3. The molecular weight excluding hydrogens is 434 g/mol. The van der Waals surface area contributed by atoms with E-state index in [1.54, 1.807) is 48.0 Å². The van der Waals surface area contributed by atoms with Gasteiger partial charge in [0.05, 0.1) is 13.7 Å². The first-order valence-electron chi connectivity index (χ1n) is 10.5. The number of aromatic nitrogens is 1. The van der Waals surface area contributed by atoms with Crippen LogP contribution < -0.4 is 0 Å². The number of esters is 1. The topological polar surface area (TPSA) is 109 Å². The molecule has 0 spiro atoms. The first kappa shape index (κ1) is 22.7. The minimum atomic E-state index is -0.622. The van der Waals surface area contributed by atoms with Crippen LogP contribution in [0.1, 0.15) is 26.4 Å². The Morgan fingerprint density at radius 1 is 0.824 bits per heavy atom. The zero-order valence-electron chi connectivity index (χ0n) is 18.6. The first-order valence-corrected chi connectivity index (χ1v) is 10.5. The highest BCUT2D eigenvalue weighted by molar-refractivity contribution is 6.03. The maximum absolute atomic E-state index is 13.2. The Bertz CT molecular complexity index is 1370. The molecule has 0 saturated heterocycles. The average Bonchev–Trinajstić information content (AvgIpc) is 3.18. The number of ketones is 1. The molecule has 0 amide bonds. The molecule has 3 N–H and O–H groups in total. The Morgan fingerprint density at radius 3 is 1.94 bits per heavy atom. The lowest BCUT2D eigenvalue weighted by molar-refractivity contribution is 0.0589. The van der Waals surface area contributed by atoms with Crippen LogP contribution in [0.5, 0.6) is 17.2 Å². The van der Waals surface area contributed by atoms with Crippen LogP contribution in [-0.2, 0) is 11.3 Å². The van der Waals surface area contributed by atoms with Gasteiger partial charge < -0.3 is 24.6 Å².